The topological polar surface area (TPSA) is 138 Å². The van der Waals surface area contributed by atoms with Crippen LogP contribution in [0.3, 0.4) is 0 Å². The van der Waals surface area contributed by atoms with E-state index in [1.54, 1.807) is 12.1 Å². The van der Waals surface area contributed by atoms with E-state index in [9.17, 15) is 22.8 Å². The number of halogens is 3. The number of carbonyl (C=O) groups excluding carboxylic acids is 2. The molecule has 1 saturated carbocycles. The molecule has 0 radical (unpaired) electrons. The van der Waals surface area contributed by atoms with E-state index in [1.165, 1.54) is 25.4 Å². The van der Waals surface area contributed by atoms with Crippen LogP contribution < -0.4 is 20.1 Å². The van der Waals surface area contributed by atoms with Gasteiger partial charge in [-0.15, -0.1) is 18.3 Å². The summed E-state index contributed by atoms with van der Waals surface area (Å²) in [6.07, 6.45) is -0.745. The summed E-state index contributed by atoms with van der Waals surface area (Å²) in [6, 6.07) is 7.97. The van der Waals surface area contributed by atoms with Crippen LogP contribution >= 0.6 is 0 Å². The van der Waals surface area contributed by atoms with Crippen molar-refractivity contribution >= 4 is 29.3 Å². The number of carbonyl (C=O) groups is 2. The molecular weight excluding hydrogens is 499 g/mol. The molecule has 14 heteroatoms. The predicted octanol–water partition coefficient (Wildman–Crippen LogP) is 4.47. The molecule has 196 valence electrons. The number of hydrogen-bond acceptors (Lipinski definition) is 10. The Morgan fingerprint density at radius 3 is 2.51 bits per heavy atom. The van der Waals surface area contributed by atoms with Crippen molar-refractivity contribution in [2.45, 2.75) is 38.1 Å². The molecule has 2 heterocycles. The lowest BCUT2D eigenvalue weighted by Gasteiger charge is -2.27. The molecule has 11 nitrogen and oxygen atoms in total. The zero-order valence-electron chi connectivity index (χ0n) is 19.4. The largest absolute Gasteiger partial charge is 0.573 e. The third-order valence-electron chi connectivity index (χ3n) is 5.43. The number of amides is 1. The summed E-state index contributed by atoms with van der Waals surface area (Å²) in [6.45, 7) is 0. The van der Waals surface area contributed by atoms with Gasteiger partial charge >= 0.3 is 30.1 Å². The molecule has 1 aliphatic rings. The monoisotopic (exact) mass is 521 g/mol. The van der Waals surface area contributed by atoms with Crippen molar-refractivity contribution in [2.24, 2.45) is 5.92 Å². The molecule has 0 spiro atoms. The maximum atomic E-state index is 12.4. The standard InChI is InChI=1S/C23H22F3N5O6/c1-34-21(33)13-5-8-16(9-6-13)35-18-10-7-15(12-27-18)28-19(32)20-30-31-22(36-20)29-14-3-2-4-17(11-14)37-23(24,25)26/h2-4,7,10-13,16H,5-6,8-9H2,1H3,(H,28,32)(H,29,31)/t13-,16+. The van der Waals surface area contributed by atoms with Crippen LogP contribution in [0.15, 0.2) is 47.0 Å². The van der Waals surface area contributed by atoms with Gasteiger partial charge in [-0.2, -0.15) is 0 Å². The second-order valence-corrected chi connectivity index (χ2v) is 8.07. The Hall–Kier alpha value is -4.36. The van der Waals surface area contributed by atoms with E-state index >= 15 is 0 Å². The van der Waals surface area contributed by atoms with Crippen LogP contribution in [-0.2, 0) is 9.53 Å². The number of anilines is 3. The van der Waals surface area contributed by atoms with Gasteiger partial charge < -0.3 is 29.3 Å². The zero-order chi connectivity index (χ0) is 26.4. The van der Waals surface area contributed by atoms with Crippen LogP contribution in [0.5, 0.6) is 11.6 Å². The van der Waals surface area contributed by atoms with E-state index in [-0.39, 0.29) is 35.6 Å². The van der Waals surface area contributed by atoms with Gasteiger partial charge in [-0.25, -0.2) is 4.98 Å². The van der Waals surface area contributed by atoms with Gasteiger partial charge in [0.25, 0.3) is 0 Å². The Kier molecular flexibility index (Phi) is 7.74. The van der Waals surface area contributed by atoms with Gasteiger partial charge in [0.1, 0.15) is 11.9 Å². The Labute approximate surface area is 208 Å². The highest BCUT2D eigenvalue weighted by Gasteiger charge is 2.31. The number of pyridine rings is 1. The van der Waals surface area contributed by atoms with Crippen molar-refractivity contribution < 1.29 is 41.4 Å². The first-order valence-electron chi connectivity index (χ1n) is 11.2. The predicted molar refractivity (Wildman–Crippen MR) is 121 cm³/mol. The van der Waals surface area contributed by atoms with E-state index in [1.807, 2.05) is 0 Å². The maximum Gasteiger partial charge on any atom is 0.573 e. The van der Waals surface area contributed by atoms with Crippen molar-refractivity contribution in [1.29, 1.82) is 0 Å². The summed E-state index contributed by atoms with van der Waals surface area (Å²) in [5, 5.41) is 12.4. The lowest BCUT2D eigenvalue weighted by Crippen LogP contribution is -2.28. The number of ether oxygens (including phenoxy) is 3. The van der Waals surface area contributed by atoms with Crippen LogP contribution in [-0.4, -0.2) is 46.6 Å². The number of nitrogens with one attached hydrogen (secondary N) is 2. The van der Waals surface area contributed by atoms with E-state index in [0.717, 1.165) is 12.1 Å². The number of esters is 1. The Balaban J connectivity index is 1.28. The Morgan fingerprint density at radius 2 is 1.84 bits per heavy atom. The van der Waals surface area contributed by atoms with Gasteiger partial charge in [0.15, 0.2) is 0 Å². The molecule has 0 unspecified atom stereocenters. The molecule has 1 amide bonds. The first-order valence-corrected chi connectivity index (χ1v) is 11.2. The lowest BCUT2D eigenvalue weighted by molar-refractivity contribution is -0.274. The number of nitrogens with zero attached hydrogens (tertiary/aromatic N) is 3. The van der Waals surface area contributed by atoms with Gasteiger partial charge in [-0.3, -0.25) is 9.59 Å². The fraction of sp³-hybridized carbons (Fsp3) is 0.348. The summed E-state index contributed by atoms with van der Waals surface area (Å²) in [7, 11) is 1.38. The molecule has 0 bridgehead atoms. The highest BCUT2D eigenvalue weighted by Crippen LogP contribution is 2.29. The number of benzene rings is 1. The number of hydrogen-bond donors (Lipinski definition) is 2. The Morgan fingerprint density at radius 1 is 1.05 bits per heavy atom. The molecule has 4 rings (SSSR count). The van der Waals surface area contributed by atoms with Crippen LogP contribution in [0.25, 0.3) is 0 Å². The van der Waals surface area contributed by atoms with E-state index in [0.29, 0.717) is 37.3 Å². The van der Waals surface area contributed by atoms with Crippen LogP contribution in [0.1, 0.15) is 36.4 Å². The molecule has 1 fully saturated rings. The number of rotatable bonds is 8. The van der Waals surface area contributed by atoms with Gasteiger partial charge in [-0.05, 0) is 43.9 Å². The fourth-order valence-electron chi connectivity index (χ4n) is 3.72. The first kappa shape index (κ1) is 25.7. The zero-order valence-corrected chi connectivity index (χ0v) is 19.4. The SMILES string of the molecule is COC(=O)[C@H]1CC[C@@H](Oc2ccc(NC(=O)c3nnc(Nc4cccc(OC(F)(F)F)c4)o3)cn2)CC1. The van der Waals surface area contributed by atoms with Crippen molar-refractivity contribution in [1.82, 2.24) is 15.2 Å². The molecule has 0 aliphatic heterocycles. The molecule has 2 aromatic heterocycles. The number of aromatic nitrogens is 3. The quantitative estimate of drug-likeness (QED) is 0.408. The fourth-order valence-corrected chi connectivity index (χ4v) is 3.72. The summed E-state index contributed by atoms with van der Waals surface area (Å²) < 4.78 is 56.9. The normalized spacial score (nSPS) is 17.5. The average Bonchev–Trinajstić information content (AvgIpc) is 3.33. The number of methoxy groups -OCH3 is 1. The third kappa shape index (κ3) is 7.32. The van der Waals surface area contributed by atoms with Gasteiger partial charge in [0.2, 0.25) is 5.88 Å². The molecule has 0 atom stereocenters. The molecule has 1 aliphatic carbocycles. The minimum absolute atomic E-state index is 0.0705. The van der Waals surface area contributed by atoms with Gasteiger partial charge in [0.05, 0.1) is 24.9 Å². The highest BCUT2D eigenvalue weighted by molar-refractivity contribution is 6.00. The third-order valence-corrected chi connectivity index (χ3v) is 5.43. The molecule has 0 saturated heterocycles. The highest BCUT2D eigenvalue weighted by atomic mass is 19.4. The van der Waals surface area contributed by atoms with E-state index in [4.69, 9.17) is 13.9 Å². The molecule has 37 heavy (non-hydrogen) atoms. The van der Waals surface area contributed by atoms with Crippen molar-refractivity contribution in [3.05, 3.63) is 48.5 Å². The average molecular weight is 521 g/mol. The van der Waals surface area contributed by atoms with Crippen LogP contribution in [0.2, 0.25) is 0 Å². The minimum Gasteiger partial charge on any atom is -0.474 e. The van der Waals surface area contributed by atoms with Crippen molar-refractivity contribution in [3.63, 3.8) is 0 Å². The lowest BCUT2D eigenvalue weighted by atomic mass is 9.87. The smallest absolute Gasteiger partial charge is 0.474 e. The van der Waals surface area contributed by atoms with E-state index in [2.05, 4.69) is 30.6 Å². The molecule has 3 aromatic rings. The Bertz CT molecular complexity index is 1230. The maximum absolute atomic E-state index is 12.4. The van der Waals surface area contributed by atoms with Crippen LogP contribution in [0.4, 0.5) is 30.6 Å². The second-order valence-electron chi connectivity index (χ2n) is 8.07. The number of alkyl halides is 3. The van der Waals surface area contributed by atoms with Crippen molar-refractivity contribution in [2.75, 3.05) is 17.7 Å². The summed E-state index contributed by atoms with van der Waals surface area (Å²) in [5.41, 5.74) is 0.521. The minimum atomic E-state index is -4.83. The van der Waals surface area contributed by atoms with Gasteiger partial charge in [-0.1, -0.05) is 11.2 Å². The van der Waals surface area contributed by atoms with E-state index < -0.39 is 18.0 Å². The summed E-state index contributed by atoms with van der Waals surface area (Å²) in [4.78, 5) is 28.2. The second kappa shape index (κ2) is 11.1. The van der Waals surface area contributed by atoms with Crippen LogP contribution in [0, 0.1) is 5.92 Å². The van der Waals surface area contributed by atoms with Gasteiger partial charge in [0, 0.05) is 17.8 Å². The molecular formula is C23H22F3N5O6. The molecule has 2 N–H and O–H groups in total. The first-order chi connectivity index (χ1) is 17.7. The summed E-state index contributed by atoms with van der Waals surface area (Å²) in [5.74, 6) is -1.47. The summed E-state index contributed by atoms with van der Waals surface area (Å²) >= 11 is 0. The van der Waals surface area contributed by atoms with Crippen molar-refractivity contribution in [3.8, 4) is 11.6 Å². The molecule has 1 aromatic carbocycles.